The van der Waals surface area contributed by atoms with Gasteiger partial charge in [0.1, 0.15) is 5.25 Å². The Morgan fingerprint density at radius 1 is 1.29 bits per heavy atom. The fourth-order valence-corrected chi connectivity index (χ4v) is 2.95. The van der Waals surface area contributed by atoms with Crippen molar-refractivity contribution in [1.29, 1.82) is 0 Å². The van der Waals surface area contributed by atoms with Gasteiger partial charge < -0.3 is 5.11 Å². The molecule has 112 valence electrons. The molecule has 0 amide bonds. The van der Waals surface area contributed by atoms with Crippen LogP contribution in [0.25, 0.3) is 0 Å². The van der Waals surface area contributed by atoms with Crippen molar-refractivity contribution >= 4 is 17.7 Å². The lowest BCUT2D eigenvalue weighted by atomic mass is 10.1. The molecule has 1 N–H and O–H groups in total. The smallest absolute Gasteiger partial charge is 0.316 e. The Bertz CT molecular complexity index is 581. The van der Waals surface area contributed by atoms with Gasteiger partial charge in [-0.2, -0.15) is 5.10 Å². The zero-order chi connectivity index (χ0) is 15.2. The first kappa shape index (κ1) is 15.6. The fraction of sp³-hybridized carbons (Fsp3) is 0.375. The molecule has 0 fully saturated rings. The number of thioether (sulfide) groups is 1. The zero-order valence-corrected chi connectivity index (χ0v) is 13.1. The second kappa shape index (κ2) is 7.31. The molecule has 0 radical (unpaired) electrons. The van der Waals surface area contributed by atoms with E-state index in [-0.39, 0.29) is 0 Å². The van der Waals surface area contributed by atoms with Crippen molar-refractivity contribution in [2.24, 2.45) is 0 Å². The fourth-order valence-electron chi connectivity index (χ4n) is 1.97. The zero-order valence-electron chi connectivity index (χ0n) is 12.3. The van der Waals surface area contributed by atoms with E-state index in [1.807, 2.05) is 47.3 Å². The number of carboxylic acids is 1. The summed E-state index contributed by atoms with van der Waals surface area (Å²) in [6.07, 6.45) is 2.47. The SMILES string of the molecule is CC(C)n1ccc(CSC(Cc2ccccc2)C(=O)O)n1. The molecule has 1 aromatic heterocycles. The summed E-state index contributed by atoms with van der Waals surface area (Å²) in [5.74, 6) is -0.157. The van der Waals surface area contributed by atoms with E-state index in [1.54, 1.807) is 0 Å². The van der Waals surface area contributed by atoms with Crippen molar-refractivity contribution in [2.45, 2.75) is 37.3 Å². The molecule has 1 unspecified atom stereocenters. The molecule has 21 heavy (non-hydrogen) atoms. The molecule has 0 aliphatic heterocycles. The van der Waals surface area contributed by atoms with Gasteiger partial charge >= 0.3 is 5.97 Å². The third-order valence-electron chi connectivity index (χ3n) is 3.16. The normalized spacial score (nSPS) is 12.5. The summed E-state index contributed by atoms with van der Waals surface area (Å²) < 4.78 is 1.89. The monoisotopic (exact) mass is 304 g/mol. The van der Waals surface area contributed by atoms with E-state index >= 15 is 0 Å². The lowest BCUT2D eigenvalue weighted by Crippen LogP contribution is -2.19. The van der Waals surface area contributed by atoms with Gasteiger partial charge in [-0.05, 0) is 31.9 Å². The molecule has 0 saturated heterocycles. The van der Waals surface area contributed by atoms with Crippen molar-refractivity contribution in [1.82, 2.24) is 9.78 Å². The van der Waals surface area contributed by atoms with Crippen LogP contribution >= 0.6 is 11.8 Å². The average Bonchev–Trinajstić information content (AvgIpc) is 2.93. The molecule has 2 aromatic rings. The van der Waals surface area contributed by atoms with Gasteiger partial charge in [-0.3, -0.25) is 9.48 Å². The van der Waals surface area contributed by atoms with Crippen LogP contribution in [0.5, 0.6) is 0 Å². The minimum atomic E-state index is -0.771. The lowest BCUT2D eigenvalue weighted by Gasteiger charge is -2.11. The summed E-state index contributed by atoms with van der Waals surface area (Å²) >= 11 is 1.43. The highest BCUT2D eigenvalue weighted by Crippen LogP contribution is 2.21. The molecule has 1 atom stereocenters. The summed E-state index contributed by atoms with van der Waals surface area (Å²) in [5, 5.41) is 13.4. The molecular formula is C16H20N2O2S. The van der Waals surface area contributed by atoms with Crippen LogP contribution in [0, 0.1) is 0 Å². The van der Waals surface area contributed by atoms with Gasteiger partial charge in [-0.25, -0.2) is 0 Å². The van der Waals surface area contributed by atoms with Gasteiger partial charge in [-0.1, -0.05) is 30.3 Å². The Balaban J connectivity index is 1.95. The second-order valence-corrected chi connectivity index (χ2v) is 6.40. The average molecular weight is 304 g/mol. The van der Waals surface area contributed by atoms with Crippen LogP contribution < -0.4 is 0 Å². The first-order chi connectivity index (χ1) is 10.1. The van der Waals surface area contributed by atoms with E-state index in [1.165, 1.54) is 11.8 Å². The first-order valence-corrected chi connectivity index (χ1v) is 8.03. The van der Waals surface area contributed by atoms with Crippen molar-refractivity contribution < 1.29 is 9.90 Å². The molecule has 0 saturated carbocycles. The number of carboxylic acid groups (broad SMARTS) is 1. The highest BCUT2D eigenvalue weighted by Gasteiger charge is 2.19. The van der Waals surface area contributed by atoms with E-state index in [0.29, 0.717) is 18.2 Å². The van der Waals surface area contributed by atoms with E-state index in [9.17, 15) is 9.90 Å². The largest absolute Gasteiger partial charge is 0.480 e. The first-order valence-electron chi connectivity index (χ1n) is 6.98. The van der Waals surface area contributed by atoms with Crippen molar-refractivity contribution in [3.8, 4) is 0 Å². The van der Waals surface area contributed by atoms with E-state index in [0.717, 1.165) is 11.3 Å². The molecule has 5 heteroatoms. The number of nitrogens with zero attached hydrogens (tertiary/aromatic N) is 2. The number of rotatable bonds is 7. The molecule has 0 aliphatic carbocycles. The molecule has 1 heterocycles. The van der Waals surface area contributed by atoms with Crippen LogP contribution in [0.1, 0.15) is 31.1 Å². The van der Waals surface area contributed by atoms with Crippen LogP contribution in [0.15, 0.2) is 42.6 Å². The van der Waals surface area contributed by atoms with Gasteiger partial charge in [0.25, 0.3) is 0 Å². The molecule has 4 nitrogen and oxygen atoms in total. The summed E-state index contributed by atoms with van der Waals surface area (Å²) in [4.78, 5) is 11.4. The molecular weight excluding hydrogens is 284 g/mol. The van der Waals surface area contributed by atoms with Gasteiger partial charge in [-0.15, -0.1) is 11.8 Å². The standard InChI is InChI=1S/C16H20N2O2S/c1-12(2)18-9-8-14(17-18)11-21-15(16(19)20)10-13-6-4-3-5-7-13/h3-9,12,15H,10-11H2,1-2H3,(H,19,20). The van der Waals surface area contributed by atoms with Crippen molar-refractivity contribution in [3.05, 3.63) is 53.9 Å². The van der Waals surface area contributed by atoms with Crippen LogP contribution in [0.3, 0.4) is 0 Å². The van der Waals surface area contributed by atoms with Crippen LogP contribution in [0.4, 0.5) is 0 Å². The van der Waals surface area contributed by atoms with E-state index < -0.39 is 11.2 Å². The third kappa shape index (κ3) is 4.63. The number of benzene rings is 1. The summed E-state index contributed by atoms with van der Waals surface area (Å²) in [7, 11) is 0. The number of hydrogen-bond acceptors (Lipinski definition) is 3. The van der Waals surface area contributed by atoms with Gasteiger partial charge in [0.05, 0.1) is 5.69 Å². The number of aromatic nitrogens is 2. The second-order valence-electron chi connectivity index (χ2n) is 5.21. The highest BCUT2D eigenvalue weighted by atomic mass is 32.2. The quantitative estimate of drug-likeness (QED) is 0.852. The Morgan fingerprint density at radius 2 is 2.00 bits per heavy atom. The van der Waals surface area contributed by atoms with Crippen LogP contribution in [-0.2, 0) is 17.0 Å². The number of hydrogen-bond donors (Lipinski definition) is 1. The summed E-state index contributed by atoms with van der Waals surface area (Å²) in [6, 6.07) is 12.0. The molecule has 1 aromatic carbocycles. The number of carbonyl (C=O) groups is 1. The van der Waals surface area contributed by atoms with Gasteiger partial charge in [0.15, 0.2) is 0 Å². The predicted octanol–water partition coefficient (Wildman–Crippen LogP) is 3.39. The Kier molecular flexibility index (Phi) is 5.44. The maximum Gasteiger partial charge on any atom is 0.316 e. The third-order valence-corrected chi connectivity index (χ3v) is 4.40. The van der Waals surface area contributed by atoms with E-state index in [4.69, 9.17) is 0 Å². The Labute approximate surface area is 129 Å². The van der Waals surface area contributed by atoms with Gasteiger partial charge in [0, 0.05) is 18.0 Å². The topological polar surface area (TPSA) is 55.1 Å². The summed E-state index contributed by atoms with van der Waals surface area (Å²) in [5.41, 5.74) is 1.97. The van der Waals surface area contributed by atoms with Crippen molar-refractivity contribution in [3.63, 3.8) is 0 Å². The van der Waals surface area contributed by atoms with Gasteiger partial charge in [0.2, 0.25) is 0 Å². The lowest BCUT2D eigenvalue weighted by molar-refractivity contribution is -0.136. The van der Waals surface area contributed by atoms with Crippen LogP contribution in [-0.4, -0.2) is 26.1 Å². The highest BCUT2D eigenvalue weighted by molar-refractivity contribution is 7.99. The maximum absolute atomic E-state index is 11.4. The number of aliphatic carboxylic acids is 1. The molecule has 2 rings (SSSR count). The molecule has 0 aliphatic rings. The Hall–Kier alpha value is -1.75. The molecule has 0 bridgehead atoms. The summed E-state index contributed by atoms with van der Waals surface area (Å²) in [6.45, 7) is 4.14. The maximum atomic E-state index is 11.4. The minimum Gasteiger partial charge on any atom is -0.480 e. The Morgan fingerprint density at radius 3 is 2.57 bits per heavy atom. The van der Waals surface area contributed by atoms with Crippen LogP contribution in [0.2, 0.25) is 0 Å². The minimum absolute atomic E-state index is 0.323. The van der Waals surface area contributed by atoms with E-state index in [2.05, 4.69) is 18.9 Å². The van der Waals surface area contributed by atoms with Crippen molar-refractivity contribution in [2.75, 3.05) is 0 Å². The predicted molar refractivity (Wildman–Crippen MR) is 85.5 cm³/mol. The molecule has 0 spiro atoms.